The lowest BCUT2D eigenvalue weighted by Gasteiger charge is -2.38. The molecule has 612 valence electrons. The first-order valence-electron chi connectivity index (χ1n) is 38.6. The molecule has 4 saturated carbocycles. The predicted octanol–water partition coefficient (Wildman–Crippen LogP) is 11.8. The Morgan fingerprint density at radius 1 is 0.456 bits per heavy atom. The smallest absolute Gasteiger partial charge is 0.342 e. The van der Waals surface area contributed by atoms with E-state index in [0.29, 0.717) is 159 Å². The van der Waals surface area contributed by atoms with Gasteiger partial charge < -0.3 is 79.8 Å². The predicted molar refractivity (Wildman–Crippen MR) is 402 cm³/mol. The molecule has 0 aromatic carbocycles. The zero-order valence-corrected chi connectivity index (χ0v) is 63.8. The average molecular weight is 1600 g/mol. The zero-order chi connectivity index (χ0) is 81.3. The number of halogens is 8. The van der Waals surface area contributed by atoms with Crippen LogP contribution in [0.4, 0.5) is 57.9 Å². The van der Waals surface area contributed by atoms with Crippen LogP contribution in [0.2, 0.25) is 0 Å². The lowest BCUT2D eigenvalue weighted by molar-refractivity contribution is -0.137. The van der Waals surface area contributed by atoms with E-state index in [0.717, 1.165) is 40.8 Å². The van der Waals surface area contributed by atoms with E-state index < -0.39 is 94.9 Å². The third-order valence-corrected chi connectivity index (χ3v) is 21.8. The van der Waals surface area contributed by atoms with Crippen LogP contribution in [0.25, 0.3) is 44.1 Å². The molecule has 9 atom stereocenters. The molecule has 4 aliphatic heterocycles. The number of nitrogens with zero attached hydrogens (tertiary/aromatic N) is 8. The number of ether oxygens (including phenoxy) is 4. The number of hydrogen-bond acceptors (Lipinski definition) is 20. The highest BCUT2D eigenvalue weighted by molar-refractivity contribution is 6.07. The standard InChI is InChI=1S/3C20H24F2N4O3.C18H20F2N4O3/c1-11(2)29-19(28)14-9-24-17-13(5-6-23-17)16(14)25-12-4-3-7-26(10-12)18(27)15-8-20(15,21)22;1-3-29-19(28)13-9-24-17-12(4-6-23-17)16(13)25-15-10-26(7-5-11(15)2)18(27)14-8-20(14,21)22;1-2-8-29-19(28)14-10-24-17-13(5-6-23-17)16(14)25-12-4-3-7-26(11-12)18(27)15-9-20(15,21)22;1-27-17(26)12-8-22-15-11(4-5-21-15)14(12)23-10-3-2-6-24(9-10)16(25)13-7-18(13,19)20/h5-6,9,11-12,15H,3-4,7-8,10H2,1-2H3,(H2,23,24,25);4,6,9,11,14-15H,3,5,7-8,10H2,1-2H3,(H2,23,24,25);5-6,10,12,15H,2-4,7-9,11H2,1H3,(H2,23,24,25);4-5,8,10,13H,2-3,6-7,9H2,1H3,(H2,21,22,23)/t12-,15+;11-,14-,15+;12-,15+;10-,13+/m1111/s1. The average Bonchev–Trinajstić information content (AvgIpc) is 1.63. The Labute approximate surface area is 649 Å². The highest BCUT2D eigenvalue weighted by atomic mass is 19.3. The van der Waals surface area contributed by atoms with Crippen LogP contribution in [-0.2, 0) is 38.1 Å². The van der Waals surface area contributed by atoms with Crippen LogP contribution in [0.5, 0.6) is 0 Å². The van der Waals surface area contributed by atoms with Gasteiger partial charge in [0.15, 0.2) is 0 Å². The van der Waals surface area contributed by atoms with Gasteiger partial charge in [0.05, 0.1) is 49.2 Å². The molecule has 0 unspecified atom stereocenters. The number of pyridine rings is 4. The van der Waals surface area contributed by atoms with Crippen LogP contribution in [0.15, 0.2) is 73.8 Å². The van der Waals surface area contributed by atoms with Gasteiger partial charge in [-0.25, -0.2) is 74.2 Å². The molecular weight excluding hydrogens is 1500 g/mol. The number of hydrogen-bond donors (Lipinski definition) is 8. The first-order valence-corrected chi connectivity index (χ1v) is 38.6. The molecule has 8 aromatic rings. The van der Waals surface area contributed by atoms with Crippen molar-refractivity contribution >= 4 is 114 Å². The van der Waals surface area contributed by atoms with Crippen LogP contribution < -0.4 is 21.3 Å². The summed E-state index contributed by atoms with van der Waals surface area (Å²) < 4.78 is 127. The molecule has 4 amide bonds. The quantitative estimate of drug-likeness (QED) is 0.0200. The number of rotatable bonds is 20. The van der Waals surface area contributed by atoms with E-state index in [1.165, 1.54) is 51.5 Å². The van der Waals surface area contributed by atoms with Crippen LogP contribution in [0.3, 0.4) is 0 Å². The van der Waals surface area contributed by atoms with Crippen LogP contribution in [0, 0.1) is 29.6 Å². The number of amides is 4. The Bertz CT molecular complexity index is 4920. The van der Waals surface area contributed by atoms with Crippen molar-refractivity contribution in [2.75, 3.05) is 93.9 Å². The molecule has 28 nitrogen and oxygen atoms in total. The Morgan fingerprint density at radius 3 is 1.09 bits per heavy atom. The van der Waals surface area contributed by atoms with E-state index in [2.05, 4.69) is 61.1 Å². The summed E-state index contributed by atoms with van der Waals surface area (Å²) in [4.78, 5) is 134. The minimum atomic E-state index is -2.87. The Balaban J connectivity index is 0.000000133. The van der Waals surface area contributed by atoms with Gasteiger partial charge in [-0.2, -0.15) is 0 Å². The van der Waals surface area contributed by atoms with Gasteiger partial charge in [0.2, 0.25) is 23.6 Å². The fourth-order valence-electron chi connectivity index (χ4n) is 15.1. The van der Waals surface area contributed by atoms with Gasteiger partial charge in [-0.05, 0) is 102 Å². The molecule has 0 radical (unpaired) electrons. The van der Waals surface area contributed by atoms with E-state index in [-0.39, 0.29) is 68.5 Å². The number of esters is 4. The lowest BCUT2D eigenvalue weighted by atomic mass is 9.92. The zero-order valence-electron chi connectivity index (χ0n) is 63.8. The highest BCUT2D eigenvalue weighted by Crippen LogP contribution is 2.53. The highest BCUT2D eigenvalue weighted by Gasteiger charge is 2.65. The summed E-state index contributed by atoms with van der Waals surface area (Å²) in [5.74, 6) is -19.9. The van der Waals surface area contributed by atoms with Gasteiger partial charge in [-0.1, -0.05) is 13.8 Å². The topological polar surface area (TPSA) is 349 Å². The number of aromatic amines is 4. The molecule has 8 fully saturated rings. The molecular formula is C78H92F8N16O12. The largest absolute Gasteiger partial charge is 0.465 e. The molecule has 8 aliphatic rings. The molecule has 8 N–H and O–H groups in total. The van der Waals surface area contributed by atoms with Gasteiger partial charge in [-0.15, -0.1) is 0 Å². The summed E-state index contributed by atoms with van der Waals surface area (Å²) in [6, 6.07) is 6.59. The summed E-state index contributed by atoms with van der Waals surface area (Å²) >= 11 is 0. The number of likely N-dealkylation sites (tertiary alicyclic amines) is 4. The lowest BCUT2D eigenvalue weighted by Crippen LogP contribution is -2.50. The monoisotopic (exact) mass is 1600 g/mol. The molecule has 4 saturated heterocycles. The molecule has 8 aromatic heterocycles. The van der Waals surface area contributed by atoms with Crippen molar-refractivity contribution in [3.63, 3.8) is 0 Å². The maximum Gasteiger partial charge on any atom is 0.342 e. The second-order valence-corrected chi connectivity index (χ2v) is 30.6. The van der Waals surface area contributed by atoms with Gasteiger partial charge in [-0.3, -0.25) is 19.2 Å². The second kappa shape index (κ2) is 33.3. The van der Waals surface area contributed by atoms with Gasteiger partial charge in [0.25, 0.3) is 23.7 Å². The minimum absolute atomic E-state index is 0.154. The third-order valence-electron chi connectivity index (χ3n) is 21.8. The number of alkyl halides is 8. The third kappa shape index (κ3) is 18.0. The fraction of sp³-hybridized carbons (Fsp3) is 0.538. The maximum atomic E-state index is 13.4. The minimum Gasteiger partial charge on any atom is -0.465 e. The molecule has 36 heteroatoms. The van der Waals surface area contributed by atoms with E-state index in [4.69, 9.17) is 18.9 Å². The Hall–Kier alpha value is -10.8. The SMILES string of the molecule is CC(C)OC(=O)c1cnc2[nH]ccc2c1N[C@@H]1CCCN(C(=O)[C@@H]2CC2(F)F)C1.CCCOC(=O)c1cnc2[nH]ccc2c1N[C@@H]1CCCN(C(=O)[C@@H]2CC2(F)F)C1.CCOC(=O)c1cnc2[nH]ccc2c1N[C@H]1CN(C(=O)[C@H]2CC2(F)F)CC[C@H]1C.COC(=O)c1cnc2[nH]ccc2c1N[C@@H]1CCCN(C(=O)[C@@H]2CC2(F)F)C1. The van der Waals surface area contributed by atoms with Gasteiger partial charge in [0, 0.05) is 173 Å². The van der Waals surface area contributed by atoms with Crippen molar-refractivity contribution in [3.05, 3.63) is 96.1 Å². The fourth-order valence-corrected chi connectivity index (χ4v) is 15.1. The van der Waals surface area contributed by atoms with Crippen molar-refractivity contribution in [2.24, 2.45) is 29.6 Å². The van der Waals surface area contributed by atoms with Crippen LogP contribution >= 0.6 is 0 Å². The summed E-state index contributed by atoms with van der Waals surface area (Å²) in [5, 5.41) is 16.4. The van der Waals surface area contributed by atoms with E-state index in [1.807, 2.05) is 32.0 Å². The van der Waals surface area contributed by atoms with E-state index >= 15 is 0 Å². The van der Waals surface area contributed by atoms with Crippen molar-refractivity contribution in [1.82, 2.24) is 59.5 Å². The van der Waals surface area contributed by atoms with Crippen molar-refractivity contribution < 1.29 is 92.4 Å². The molecule has 0 spiro atoms. The molecule has 0 bridgehead atoms. The van der Waals surface area contributed by atoms with Crippen LogP contribution in [0.1, 0.15) is 153 Å². The number of anilines is 4. The first-order chi connectivity index (χ1) is 54.4. The Morgan fingerprint density at radius 2 is 0.772 bits per heavy atom. The van der Waals surface area contributed by atoms with Crippen LogP contribution in [-0.4, -0.2) is 234 Å². The molecule has 4 aliphatic carbocycles. The number of fused-ring (bicyclic) bond motifs is 4. The normalized spacial score (nSPS) is 24.0. The number of nitrogens with one attached hydrogen (secondary N) is 8. The van der Waals surface area contributed by atoms with Crippen molar-refractivity contribution in [3.8, 4) is 0 Å². The number of H-pyrrole nitrogens is 4. The summed E-state index contributed by atoms with van der Waals surface area (Å²) in [6.07, 6.45) is 16.8. The number of piperidine rings is 4. The molecule has 114 heavy (non-hydrogen) atoms. The van der Waals surface area contributed by atoms with Crippen molar-refractivity contribution in [2.45, 2.75) is 166 Å². The number of carbonyl (C=O) groups excluding carboxylic acids is 8. The second-order valence-electron chi connectivity index (χ2n) is 30.6. The summed E-state index contributed by atoms with van der Waals surface area (Å²) in [7, 11) is 1.30. The number of methoxy groups -OCH3 is 1. The Kier molecular flexibility index (Phi) is 23.7. The number of carbonyl (C=O) groups is 8. The molecule has 12 heterocycles. The first kappa shape index (κ1) is 81.2. The van der Waals surface area contributed by atoms with E-state index in [9.17, 15) is 73.5 Å². The van der Waals surface area contributed by atoms with Crippen molar-refractivity contribution in [1.29, 1.82) is 0 Å². The summed E-state index contributed by atoms with van der Waals surface area (Å²) in [6.45, 7) is 12.9. The maximum absolute atomic E-state index is 13.4. The van der Waals surface area contributed by atoms with Gasteiger partial charge in [0.1, 0.15) is 68.5 Å². The number of aromatic nitrogens is 8. The molecule has 16 rings (SSSR count). The summed E-state index contributed by atoms with van der Waals surface area (Å²) in [5.41, 5.74) is 6.04. The van der Waals surface area contributed by atoms with Gasteiger partial charge >= 0.3 is 23.9 Å². The van der Waals surface area contributed by atoms with E-state index in [1.54, 1.807) is 51.6 Å².